The highest BCUT2D eigenvalue weighted by Crippen LogP contribution is 2.28. The van der Waals surface area contributed by atoms with E-state index in [2.05, 4.69) is 20.6 Å². The van der Waals surface area contributed by atoms with Crippen LogP contribution in [0.15, 0.2) is 24.4 Å². The Kier molecular flexibility index (Phi) is 4.90. The van der Waals surface area contributed by atoms with Gasteiger partial charge in [-0.2, -0.15) is 0 Å². The molecule has 31 heavy (non-hydrogen) atoms. The molecule has 0 saturated carbocycles. The molecule has 2 aromatic rings. The number of piperidine rings is 1. The first kappa shape index (κ1) is 19.6. The monoisotopic (exact) mass is 420 g/mol. The lowest BCUT2D eigenvalue weighted by Crippen LogP contribution is -2.52. The fraction of sp³-hybridized carbons (Fsp3) is 0.409. The first-order valence-electron chi connectivity index (χ1n) is 10.6. The molecule has 3 aliphatic rings. The molecule has 2 atom stereocenters. The van der Waals surface area contributed by atoms with Crippen molar-refractivity contribution in [1.29, 1.82) is 0 Å². The van der Waals surface area contributed by atoms with Crippen molar-refractivity contribution in [2.45, 2.75) is 57.3 Å². The number of hydrogen-bond donors (Lipinski definition) is 3. The molecule has 1 aliphatic carbocycles. The van der Waals surface area contributed by atoms with Gasteiger partial charge in [-0.15, -0.1) is 0 Å². The number of carbonyl (C=O) groups excluding carboxylic acids is 3. The molecule has 9 heteroatoms. The largest absolute Gasteiger partial charge is 0.350 e. The maximum atomic E-state index is 12.9. The summed E-state index contributed by atoms with van der Waals surface area (Å²) in [6.07, 6.45) is 5.05. The number of aromatic nitrogens is 2. The summed E-state index contributed by atoms with van der Waals surface area (Å²) in [4.78, 5) is 47.1. The zero-order chi connectivity index (χ0) is 21.5. The van der Waals surface area contributed by atoms with Gasteiger partial charge in [-0.05, 0) is 48.4 Å². The fourth-order valence-electron chi connectivity index (χ4n) is 4.51. The van der Waals surface area contributed by atoms with Crippen molar-refractivity contribution in [1.82, 2.24) is 20.2 Å². The number of nitrogens with one attached hydrogen (secondary N) is 2. The van der Waals surface area contributed by atoms with Gasteiger partial charge in [0.2, 0.25) is 17.8 Å². The lowest BCUT2D eigenvalue weighted by Gasteiger charge is -2.29. The van der Waals surface area contributed by atoms with Gasteiger partial charge in [-0.25, -0.2) is 9.97 Å². The number of amides is 3. The van der Waals surface area contributed by atoms with Gasteiger partial charge in [0.1, 0.15) is 6.04 Å². The van der Waals surface area contributed by atoms with Crippen LogP contribution < -0.4 is 16.4 Å². The fourth-order valence-corrected chi connectivity index (χ4v) is 4.51. The van der Waals surface area contributed by atoms with Gasteiger partial charge >= 0.3 is 0 Å². The lowest BCUT2D eigenvalue weighted by atomic mass is 9.94. The molecule has 0 radical (unpaired) electrons. The van der Waals surface area contributed by atoms with Crippen molar-refractivity contribution in [3.63, 3.8) is 0 Å². The summed E-state index contributed by atoms with van der Waals surface area (Å²) in [5.41, 5.74) is 10.6. The van der Waals surface area contributed by atoms with E-state index in [4.69, 9.17) is 5.73 Å². The van der Waals surface area contributed by atoms with Gasteiger partial charge in [0.15, 0.2) is 0 Å². The SMILES string of the molecule is NC1CCc2nc(NCc3ccc4c(c3)C(=O)N(C3CCC(=O)NC3=O)C4)ncc2C1. The third kappa shape index (κ3) is 3.76. The molecule has 4 N–H and O–H groups in total. The average molecular weight is 420 g/mol. The number of benzene rings is 1. The molecule has 160 valence electrons. The number of fused-ring (bicyclic) bond motifs is 2. The lowest BCUT2D eigenvalue weighted by molar-refractivity contribution is -0.136. The number of imide groups is 1. The molecule has 1 aromatic heterocycles. The van der Waals surface area contributed by atoms with E-state index >= 15 is 0 Å². The molecule has 1 aromatic carbocycles. The number of nitrogens with two attached hydrogens (primary N) is 1. The van der Waals surface area contributed by atoms with Gasteiger partial charge in [0.05, 0.1) is 0 Å². The highest BCUT2D eigenvalue weighted by Gasteiger charge is 2.39. The summed E-state index contributed by atoms with van der Waals surface area (Å²) >= 11 is 0. The number of aryl methyl sites for hydroxylation is 1. The molecule has 9 nitrogen and oxygen atoms in total. The zero-order valence-corrected chi connectivity index (χ0v) is 17.1. The molecule has 2 unspecified atom stereocenters. The Bertz CT molecular complexity index is 1080. The minimum Gasteiger partial charge on any atom is -0.350 e. The van der Waals surface area contributed by atoms with Crippen LogP contribution in [0.3, 0.4) is 0 Å². The highest BCUT2D eigenvalue weighted by molar-refractivity contribution is 6.05. The number of anilines is 1. The first-order valence-corrected chi connectivity index (χ1v) is 10.6. The Hall–Kier alpha value is -3.33. The summed E-state index contributed by atoms with van der Waals surface area (Å²) in [5, 5.41) is 5.56. The molecule has 3 amide bonds. The third-order valence-electron chi connectivity index (χ3n) is 6.23. The zero-order valence-electron chi connectivity index (χ0n) is 17.1. The summed E-state index contributed by atoms with van der Waals surface area (Å²) in [7, 11) is 0. The van der Waals surface area contributed by atoms with E-state index in [0.29, 0.717) is 31.0 Å². The van der Waals surface area contributed by atoms with E-state index in [9.17, 15) is 14.4 Å². The van der Waals surface area contributed by atoms with Gasteiger partial charge in [0, 0.05) is 43.0 Å². The van der Waals surface area contributed by atoms with E-state index in [1.54, 1.807) is 4.90 Å². The van der Waals surface area contributed by atoms with Crippen LogP contribution in [0.1, 0.15) is 52.0 Å². The van der Waals surface area contributed by atoms with Gasteiger partial charge < -0.3 is 16.0 Å². The predicted molar refractivity (Wildman–Crippen MR) is 112 cm³/mol. The molecule has 1 saturated heterocycles. The standard InChI is InChI=1S/C22H24N6O3/c23-15-3-4-17-14(8-15)10-25-22(26-17)24-9-12-1-2-13-11-28(21(31)16(13)7-12)18-5-6-19(29)27-20(18)30/h1-2,7,10,15,18H,3-6,8-9,11,23H2,(H,24,25,26)(H,27,29,30). The maximum absolute atomic E-state index is 12.9. The number of rotatable bonds is 4. The quantitative estimate of drug-likeness (QED) is 0.620. The second-order valence-electron chi connectivity index (χ2n) is 8.41. The Morgan fingerprint density at radius 1 is 1.16 bits per heavy atom. The topological polar surface area (TPSA) is 130 Å². The predicted octanol–water partition coefficient (Wildman–Crippen LogP) is 0.666. The third-order valence-corrected chi connectivity index (χ3v) is 6.23. The molecule has 5 rings (SSSR count). The Labute approximate surface area is 179 Å². The average Bonchev–Trinajstić information content (AvgIpc) is 3.08. The molecule has 2 aliphatic heterocycles. The molecule has 0 bridgehead atoms. The van der Waals surface area contributed by atoms with Crippen LogP contribution in [-0.2, 0) is 35.5 Å². The van der Waals surface area contributed by atoms with E-state index in [-0.39, 0.29) is 24.3 Å². The van der Waals surface area contributed by atoms with Gasteiger partial charge in [-0.3, -0.25) is 19.7 Å². The van der Waals surface area contributed by atoms with E-state index in [1.165, 1.54) is 0 Å². The van der Waals surface area contributed by atoms with Crippen molar-refractivity contribution in [3.8, 4) is 0 Å². The summed E-state index contributed by atoms with van der Waals surface area (Å²) in [5.74, 6) is -0.297. The van der Waals surface area contributed by atoms with Crippen LogP contribution in [-0.4, -0.2) is 44.7 Å². The minimum atomic E-state index is -0.601. The van der Waals surface area contributed by atoms with E-state index in [1.807, 2.05) is 24.4 Å². The maximum Gasteiger partial charge on any atom is 0.255 e. The second-order valence-corrected chi connectivity index (χ2v) is 8.41. The molecule has 0 spiro atoms. The first-order chi connectivity index (χ1) is 15.0. The number of nitrogens with zero attached hydrogens (tertiary/aromatic N) is 3. The summed E-state index contributed by atoms with van der Waals surface area (Å²) in [6, 6.07) is 5.32. The van der Waals surface area contributed by atoms with E-state index in [0.717, 1.165) is 41.6 Å². The second kappa shape index (κ2) is 7.73. The number of carbonyl (C=O) groups is 3. The van der Waals surface area contributed by atoms with Crippen molar-refractivity contribution >= 4 is 23.7 Å². The van der Waals surface area contributed by atoms with Crippen LogP contribution in [0.2, 0.25) is 0 Å². The van der Waals surface area contributed by atoms with Gasteiger partial charge in [0.25, 0.3) is 5.91 Å². The molecule has 3 heterocycles. The highest BCUT2D eigenvalue weighted by atomic mass is 16.2. The van der Waals surface area contributed by atoms with Crippen molar-refractivity contribution in [3.05, 3.63) is 52.3 Å². The van der Waals surface area contributed by atoms with Crippen molar-refractivity contribution in [2.75, 3.05) is 5.32 Å². The van der Waals surface area contributed by atoms with Crippen LogP contribution in [0.5, 0.6) is 0 Å². The van der Waals surface area contributed by atoms with Crippen LogP contribution >= 0.6 is 0 Å². The molecular weight excluding hydrogens is 396 g/mol. The Morgan fingerprint density at radius 3 is 2.87 bits per heavy atom. The van der Waals surface area contributed by atoms with Crippen molar-refractivity contribution in [2.24, 2.45) is 5.73 Å². The van der Waals surface area contributed by atoms with Crippen LogP contribution in [0.25, 0.3) is 0 Å². The summed E-state index contributed by atoms with van der Waals surface area (Å²) in [6.45, 7) is 0.863. The van der Waals surface area contributed by atoms with Gasteiger partial charge in [-0.1, -0.05) is 12.1 Å². The Balaban J connectivity index is 1.27. The normalized spacial score (nSPS) is 22.7. The van der Waals surface area contributed by atoms with Crippen LogP contribution in [0, 0.1) is 0 Å². The van der Waals surface area contributed by atoms with Crippen LogP contribution in [0.4, 0.5) is 5.95 Å². The Morgan fingerprint density at radius 2 is 2.03 bits per heavy atom. The molecule has 1 fully saturated rings. The van der Waals surface area contributed by atoms with E-state index < -0.39 is 11.9 Å². The minimum absolute atomic E-state index is 0.173. The summed E-state index contributed by atoms with van der Waals surface area (Å²) < 4.78 is 0. The van der Waals surface area contributed by atoms with Crippen molar-refractivity contribution < 1.29 is 14.4 Å². The smallest absolute Gasteiger partial charge is 0.255 e. The molecular formula is C22H24N6O3. The number of hydrogen-bond acceptors (Lipinski definition) is 7.